The third-order valence-electron chi connectivity index (χ3n) is 3.13. The number of nitrogens with one attached hydrogen (secondary N) is 2. The minimum Gasteiger partial charge on any atom is -0.491 e. The number of benzene rings is 2. The van der Waals surface area contributed by atoms with E-state index in [1.165, 1.54) is 0 Å². The van der Waals surface area contributed by atoms with Gasteiger partial charge in [-0.25, -0.2) is 0 Å². The normalized spacial score (nSPS) is 10.4. The number of hydrogen-bond donors (Lipinski definition) is 2. The van der Waals surface area contributed by atoms with Crippen LogP contribution < -0.4 is 15.4 Å². The molecule has 0 aliphatic heterocycles. The van der Waals surface area contributed by atoms with Crippen LogP contribution in [-0.4, -0.2) is 17.9 Å². The largest absolute Gasteiger partial charge is 0.491 e. The molecule has 6 heteroatoms. The second-order valence-corrected chi connectivity index (χ2v) is 6.47. The Bertz CT molecular complexity index is 742. The van der Waals surface area contributed by atoms with Gasteiger partial charge in [0.25, 0.3) is 0 Å². The van der Waals surface area contributed by atoms with E-state index in [2.05, 4.69) is 26.6 Å². The van der Waals surface area contributed by atoms with E-state index in [4.69, 9.17) is 4.74 Å². The molecule has 0 saturated carbocycles. The number of rotatable bonds is 4. The van der Waals surface area contributed by atoms with Gasteiger partial charge in [0.05, 0.1) is 6.10 Å². The lowest BCUT2D eigenvalue weighted by Crippen LogP contribution is -2.29. The molecule has 0 radical (unpaired) electrons. The first kappa shape index (κ1) is 18.0. The average molecular weight is 391 g/mol. The topological polar surface area (TPSA) is 67.4 Å². The minimum atomic E-state index is -0.727. The molecule has 0 spiro atoms. The van der Waals surface area contributed by atoms with Crippen molar-refractivity contribution < 1.29 is 14.3 Å². The second-order valence-electron chi connectivity index (χ2n) is 5.56. The van der Waals surface area contributed by atoms with Crippen LogP contribution in [-0.2, 0) is 9.59 Å². The van der Waals surface area contributed by atoms with Crippen LogP contribution in [0.3, 0.4) is 0 Å². The minimum absolute atomic E-state index is 0.0744. The predicted octanol–water partition coefficient (Wildman–Crippen LogP) is 4.12. The molecule has 2 aromatic carbocycles. The predicted molar refractivity (Wildman–Crippen MR) is 98.3 cm³/mol. The van der Waals surface area contributed by atoms with Crippen LogP contribution in [0.5, 0.6) is 5.75 Å². The summed E-state index contributed by atoms with van der Waals surface area (Å²) in [5, 5.41) is 5.16. The summed E-state index contributed by atoms with van der Waals surface area (Å²) in [6.07, 6.45) is 0.0744. The monoisotopic (exact) mass is 390 g/mol. The molecule has 2 N–H and O–H groups in total. The van der Waals surface area contributed by atoms with Gasteiger partial charge >= 0.3 is 11.8 Å². The number of aryl methyl sites for hydroxylation is 1. The SMILES string of the molecule is Cc1cc(Br)ccc1NC(=O)C(=O)Nc1ccc(OC(C)C)cc1. The second kappa shape index (κ2) is 7.97. The molecule has 0 aromatic heterocycles. The zero-order chi connectivity index (χ0) is 17.7. The van der Waals surface area contributed by atoms with E-state index < -0.39 is 11.8 Å². The molecule has 0 atom stereocenters. The Morgan fingerprint density at radius 2 is 1.62 bits per heavy atom. The molecule has 2 rings (SSSR count). The molecule has 0 unspecified atom stereocenters. The standard InChI is InChI=1S/C18H19BrN2O3/c1-11(2)24-15-7-5-14(6-8-15)20-17(22)18(23)21-16-9-4-13(19)10-12(16)3/h4-11H,1-3H3,(H,20,22)(H,21,23). The zero-order valence-corrected chi connectivity index (χ0v) is 15.3. The summed E-state index contributed by atoms with van der Waals surface area (Å²) in [5.41, 5.74) is 1.98. The Kier molecular flexibility index (Phi) is 5.98. The van der Waals surface area contributed by atoms with Crippen LogP contribution in [0.25, 0.3) is 0 Å². The van der Waals surface area contributed by atoms with E-state index in [0.29, 0.717) is 17.1 Å². The summed E-state index contributed by atoms with van der Waals surface area (Å²) in [6.45, 7) is 5.72. The Hall–Kier alpha value is -2.34. The Labute approximate surface area is 149 Å². The van der Waals surface area contributed by atoms with Crippen LogP contribution in [0.1, 0.15) is 19.4 Å². The van der Waals surface area contributed by atoms with Crippen LogP contribution in [0.2, 0.25) is 0 Å². The van der Waals surface area contributed by atoms with Gasteiger partial charge in [-0.05, 0) is 68.8 Å². The number of amides is 2. The fraction of sp³-hybridized carbons (Fsp3) is 0.222. The van der Waals surface area contributed by atoms with E-state index in [1.54, 1.807) is 36.4 Å². The highest BCUT2D eigenvalue weighted by Crippen LogP contribution is 2.20. The summed E-state index contributed by atoms with van der Waals surface area (Å²) < 4.78 is 6.44. The van der Waals surface area contributed by atoms with Crippen molar-refractivity contribution in [2.45, 2.75) is 26.9 Å². The number of halogens is 1. The summed E-state index contributed by atoms with van der Waals surface area (Å²) in [6, 6.07) is 12.3. The third kappa shape index (κ3) is 5.09. The number of carbonyl (C=O) groups excluding carboxylic acids is 2. The van der Waals surface area contributed by atoms with Crippen molar-refractivity contribution >= 4 is 39.1 Å². The molecule has 2 amide bonds. The maximum atomic E-state index is 12.0. The molecule has 0 heterocycles. The van der Waals surface area contributed by atoms with Crippen LogP contribution >= 0.6 is 15.9 Å². The van der Waals surface area contributed by atoms with Gasteiger partial charge in [0, 0.05) is 15.8 Å². The highest BCUT2D eigenvalue weighted by atomic mass is 79.9. The first-order valence-corrected chi connectivity index (χ1v) is 8.29. The van der Waals surface area contributed by atoms with Gasteiger partial charge in [0.1, 0.15) is 5.75 Å². The van der Waals surface area contributed by atoms with Gasteiger partial charge in [0.2, 0.25) is 0 Å². The Morgan fingerprint density at radius 3 is 2.21 bits per heavy atom. The van der Waals surface area contributed by atoms with Crippen molar-refractivity contribution in [3.63, 3.8) is 0 Å². The summed E-state index contributed by atoms with van der Waals surface area (Å²) in [5.74, 6) is -0.740. The van der Waals surface area contributed by atoms with Crippen LogP contribution in [0.4, 0.5) is 11.4 Å². The number of carbonyl (C=O) groups is 2. The van der Waals surface area contributed by atoms with Crippen molar-refractivity contribution in [1.82, 2.24) is 0 Å². The highest BCUT2D eigenvalue weighted by molar-refractivity contribution is 9.10. The lowest BCUT2D eigenvalue weighted by molar-refractivity contribution is -0.133. The van der Waals surface area contributed by atoms with Crippen molar-refractivity contribution in [3.05, 3.63) is 52.5 Å². The van der Waals surface area contributed by atoms with Crippen molar-refractivity contribution in [3.8, 4) is 5.75 Å². The van der Waals surface area contributed by atoms with Gasteiger partial charge in [-0.3, -0.25) is 9.59 Å². The molecule has 24 heavy (non-hydrogen) atoms. The zero-order valence-electron chi connectivity index (χ0n) is 13.7. The van der Waals surface area contributed by atoms with Gasteiger partial charge in [-0.1, -0.05) is 15.9 Å². The lowest BCUT2D eigenvalue weighted by atomic mass is 10.2. The summed E-state index contributed by atoms with van der Waals surface area (Å²) in [7, 11) is 0. The summed E-state index contributed by atoms with van der Waals surface area (Å²) >= 11 is 3.35. The number of ether oxygens (including phenoxy) is 1. The molecule has 0 aliphatic carbocycles. The van der Waals surface area contributed by atoms with E-state index in [-0.39, 0.29) is 6.10 Å². The van der Waals surface area contributed by atoms with Gasteiger partial charge in [0.15, 0.2) is 0 Å². The fourth-order valence-corrected chi connectivity index (χ4v) is 2.50. The van der Waals surface area contributed by atoms with E-state index in [0.717, 1.165) is 10.0 Å². The maximum Gasteiger partial charge on any atom is 0.314 e. The molecule has 0 aliphatic rings. The van der Waals surface area contributed by atoms with E-state index in [1.807, 2.05) is 26.8 Å². The van der Waals surface area contributed by atoms with Crippen LogP contribution in [0.15, 0.2) is 46.9 Å². The van der Waals surface area contributed by atoms with E-state index in [9.17, 15) is 9.59 Å². The van der Waals surface area contributed by atoms with Gasteiger partial charge in [-0.2, -0.15) is 0 Å². The number of hydrogen-bond acceptors (Lipinski definition) is 3. The first-order chi connectivity index (χ1) is 11.3. The molecular weight excluding hydrogens is 372 g/mol. The molecule has 126 valence electrons. The van der Waals surface area contributed by atoms with Crippen molar-refractivity contribution in [1.29, 1.82) is 0 Å². The van der Waals surface area contributed by atoms with Crippen LogP contribution in [0, 0.1) is 6.92 Å². The smallest absolute Gasteiger partial charge is 0.314 e. The molecule has 2 aromatic rings. The third-order valence-corrected chi connectivity index (χ3v) is 3.62. The quantitative estimate of drug-likeness (QED) is 0.771. The highest BCUT2D eigenvalue weighted by Gasteiger charge is 2.15. The lowest BCUT2D eigenvalue weighted by Gasteiger charge is -2.11. The van der Waals surface area contributed by atoms with Gasteiger partial charge in [-0.15, -0.1) is 0 Å². The Balaban J connectivity index is 1.97. The average Bonchev–Trinajstić information content (AvgIpc) is 2.51. The fourth-order valence-electron chi connectivity index (χ4n) is 2.02. The molecule has 0 bridgehead atoms. The molecular formula is C18H19BrN2O3. The molecule has 5 nitrogen and oxygen atoms in total. The number of anilines is 2. The van der Waals surface area contributed by atoms with Gasteiger partial charge < -0.3 is 15.4 Å². The maximum absolute atomic E-state index is 12.0. The Morgan fingerprint density at radius 1 is 1.00 bits per heavy atom. The molecule has 0 saturated heterocycles. The van der Waals surface area contributed by atoms with Crippen molar-refractivity contribution in [2.24, 2.45) is 0 Å². The van der Waals surface area contributed by atoms with Crippen molar-refractivity contribution in [2.75, 3.05) is 10.6 Å². The summed E-state index contributed by atoms with van der Waals surface area (Å²) in [4.78, 5) is 24.0. The first-order valence-electron chi connectivity index (χ1n) is 7.50. The molecule has 0 fully saturated rings. The van der Waals surface area contributed by atoms with E-state index >= 15 is 0 Å².